The second kappa shape index (κ2) is 11.3. The van der Waals surface area contributed by atoms with Crippen molar-refractivity contribution in [3.63, 3.8) is 0 Å². The summed E-state index contributed by atoms with van der Waals surface area (Å²) in [6.45, 7) is 2.19. The summed E-state index contributed by atoms with van der Waals surface area (Å²) < 4.78 is 6.23. The van der Waals surface area contributed by atoms with Gasteiger partial charge in [0.15, 0.2) is 0 Å². The molecule has 1 aromatic carbocycles. The van der Waals surface area contributed by atoms with E-state index < -0.39 is 0 Å². The summed E-state index contributed by atoms with van der Waals surface area (Å²) in [7, 11) is 5.95. The van der Waals surface area contributed by atoms with E-state index in [1.807, 2.05) is 18.2 Å². The van der Waals surface area contributed by atoms with Crippen molar-refractivity contribution < 1.29 is 6.16 Å². The minimum Gasteiger partial charge on any atom is -0.496 e. The molecule has 1 saturated heterocycles. The number of rotatable bonds is 7. The number of halogens is 1. The summed E-state index contributed by atoms with van der Waals surface area (Å²) in [6.07, 6.45) is 9.71. The quantitative estimate of drug-likeness (QED) is 0.486. The van der Waals surface area contributed by atoms with Crippen molar-refractivity contribution in [3.8, 4) is 5.75 Å². The van der Waals surface area contributed by atoms with E-state index in [0.29, 0.717) is 29.9 Å². The first-order chi connectivity index (χ1) is 16.0. The van der Waals surface area contributed by atoms with Crippen molar-refractivity contribution >= 4 is 39.5 Å². The Morgan fingerprint density at radius 3 is 2.39 bits per heavy atom. The maximum atomic E-state index is 5.35. The number of ether oxygens (including phenoxy) is 1. The standard InChI is InChI=1S/C24H36BrN7O/c1-31-14-12-19(13-15-31)32(2)24-29-22(26-17-8-6-4-5-7-9-17)28-23(30-24)27-18-10-11-21(33-3)20(25)16-18/h10-11,16-17,19H,4-9,12-15H2,1-3H3,(H2,26,27,28,29,30)/p+1. The molecule has 0 atom stereocenters. The van der Waals surface area contributed by atoms with Crippen LogP contribution in [0.25, 0.3) is 0 Å². The summed E-state index contributed by atoms with van der Waals surface area (Å²) in [5, 5.41) is 6.98. The average molecular weight is 520 g/mol. The van der Waals surface area contributed by atoms with Crippen LogP contribution < -0.4 is 20.3 Å². The molecule has 180 valence electrons. The molecule has 0 amide bonds. The Hall–Kier alpha value is -2.13. The lowest BCUT2D eigenvalue weighted by molar-refractivity contribution is 0.252. The second-order valence-corrected chi connectivity index (χ2v) is 10.1. The van der Waals surface area contributed by atoms with Crippen LogP contribution in [0, 0.1) is 0 Å². The largest absolute Gasteiger partial charge is 1.00 e. The molecule has 2 fully saturated rings. The highest BCUT2D eigenvalue weighted by Gasteiger charge is 2.24. The molecule has 0 bridgehead atoms. The lowest BCUT2D eigenvalue weighted by Crippen LogP contribution is -2.42. The van der Waals surface area contributed by atoms with Crippen LogP contribution in [0.1, 0.15) is 52.8 Å². The van der Waals surface area contributed by atoms with Crippen LogP contribution in [-0.2, 0) is 0 Å². The molecule has 0 spiro atoms. The zero-order valence-electron chi connectivity index (χ0n) is 21.0. The van der Waals surface area contributed by atoms with Crippen molar-refractivity contribution in [1.29, 1.82) is 0 Å². The van der Waals surface area contributed by atoms with E-state index in [9.17, 15) is 0 Å². The van der Waals surface area contributed by atoms with Gasteiger partial charge in [0, 0.05) is 24.8 Å². The van der Waals surface area contributed by atoms with E-state index in [0.717, 1.165) is 41.8 Å². The fourth-order valence-corrected chi connectivity index (χ4v) is 5.21. The predicted octanol–water partition coefficient (Wildman–Crippen LogP) is 5.16. The van der Waals surface area contributed by atoms with Gasteiger partial charge in [0.25, 0.3) is 0 Å². The number of hydrogen-bond acceptors (Lipinski definition) is 8. The maximum Gasteiger partial charge on any atom is 1.00 e. The van der Waals surface area contributed by atoms with Crippen LogP contribution >= 0.6 is 15.9 Å². The first kappa shape index (κ1) is 24.0. The van der Waals surface area contributed by atoms with Crippen molar-refractivity contribution in [2.75, 3.05) is 49.8 Å². The summed E-state index contributed by atoms with van der Waals surface area (Å²) in [6, 6.07) is 6.70. The predicted molar refractivity (Wildman–Crippen MR) is 139 cm³/mol. The highest BCUT2D eigenvalue weighted by Crippen LogP contribution is 2.30. The Labute approximate surface area is 207 Å². The first-order valence-corrected chi connectivity index (χ1v) is 12.9. The average Bonchev–Trinajstić information content (AvgIpc) is 3.08. The number of benzene rings is 1. The van der Waals surface area contributed by atoms with Crippen molar-refractivity contribution in [2.45, 2.75) is 63.5 Å². The van der Waals surface area contributed by atoms with Gasteiger partial charge in [-0.1, -0.05) is 25.7 Å². The van der Waals surface area contributed by atoms with Crippen LogP contribution in [0.4, 0.5) is 23.5 Å². The number of hydrogen-bond donors (Lipinski definition) is 2. The number of likely N-dealkylation sites (tertiary alicyclic amines) is 1. The van der Waals surface area contributed by atoms with Gasteiger partial charge < -0.3 is 25.2 Å². The molecule has 33 heavy (non-hydrogen) atoms. The van der Waals surface area contributed by atoms with Crippen LogP contribution in [0.2, 0.25) is 0 Å². The molecule has 8 nitrogen and oxygen atoms in total. The van der Waals surface area contributed by atoms with E-state index in [2.05, 4.69) is 50.5 Å². The molecule has 0 unspecified atom stereocenters. The molecule has 2 aliphatic rings. The molecule has 9 heteroatoms. The minimum absolute atomic E-state index is 0. The van der Waals surface area contributed by atoms with E-state index in [-0.39, 0.29) is 1.43 Å². The lowest BCUT2D eigenvalue weighted by Gasteiger charge is -2.35. The molecular weight excluding hydrogens is 482 g/mol. The number of piperidine rings is 1. The van der Waals surface area contributed by atoms with E-state index in [1.165, 1.54) is 38.5 Å². The molecule has 2 heterocycles. The van der Waals surface area contributed by atoms with Crippen molar-refractivity contribution in [3.05, 3.63) is 22.7 Å². The molecule has 1 saturated carbocycles. The van der Waals surface area contributed by atoms with Gasteiger partial charge in [-0.2, -0.15) is 15.0 Å². The molecule has 1 aliphatic carbocycles. The number of methoxy groups -OCH3 is 1. The Kier molecular flexibility index (Phi) is 8.25. The molecule has 1 aromatic heterocycles. The SMILES string of the molecule is COc1ccc(Nc2nc(NC3CCCCCC3)nc(N(C)C3CCN(C)CC3)n2)cc1Br.[H+]. The monoisotopic (exact) mass is 518 g/mol. The zero-order valence-corrected chi connectivity index (χ0v) is 21.6. The minimum atomic E-state index is 0. The van der Waals surface area contributed by atoms with Gasteiger partial charge >= 0.3 is 1.43 Å². The molecular formula is C24H37BrN7O+. The summed E-state index contributed by atoms with van der Waals surface area (Å²) >= 11 is 3.56. The zero-order chi connectivity index (χ0) is 23.2. The first-order valence-electron chi connectivity index (χ1n) is 12.1. The Morgan fingerprint density at radius 2 is 1.73 bits per heavy atom. The third-order valence-corrected chi connectivity index (χ3v) is 7.39. The topological polar surface area (TPSA) is 78.4 Å². The third-order valence-electron chi connectivity index (χ3n) is 6.77. The van der Waals surface area contributed by atoms with Crippen molar-refractivity contribution in [2.24, 2.45) is 0 Å². The molecule has 4 rings (SSSR count). The van der Waals surface area contributed by atoms with E-state index >= 15 is 0 Å². The number of nitrogens with one attached hydrogen (secondary N) is 2. The molecule has 2 aromatic rings. The van der Waals surface area contributed by atoms with Crippen LogP contribution in [0.3, 0.4) is 0 Å². The third kappa shape index (κ3) is 6.47. The summed E-state index contributed by atoms with van der Waals surface area (Å²) in [4.78, 5) is 19.0. The number of nitrogens with zero attached hydrogens (tertiary/aromatic N) is 5. The summed E-state index contributed by atoms with van der Waals surface area (Å²) in [5.74, 6) is 2.70. The van der Waals surface area contributed by atoms with E-state index in [1.54, 1.807) is 7.11 Å². The highest BCUT2D eigenvalue weighted by molar-refractivity contribution is 9.10. The Bertz CT molecular complexity index is 918. The van der Waals surface area contributed by atoms with Crippen LogP contribution in [0.15, 0.2) is 22.7 Å². The van der Waals surface area contributed by atoms with Gasteiger partial charge in [0.1, 0.15) is 5.75 Å². The Balaban J connectivity index is 0.00000324. The number of anilines is 4. The molecule has 0 radical (unpaired) electrons. The second-order valence-electron chi connectivity index (χ2n) is 9.24. The van der Waals surface area contributed by atoms with Crippen LogP contribution in [-0.4, -0.2) is 66.2 Å². The number of aromatic nitrogens is 3. The maximum absolute atomic E-state index is 5.35. The van der Waals surface area contributed by atoms with Crippen LogP contribution in [0.5, 0.6) is 5.75 Å². The smallest absolute Gasteiger partial charge is 0.496 e. The lowest BCUT2D eigenvalue weighted by atomic mass is 10.0. The van der Waals surface area contributed by atoms with Crippen molar-refractivity contribution in [1.82, 2.24) is 19.9 Å². The molecule has 1 aliphatic heterocycles. The van der Waals surface area contributed by atoms with Gasteiger partial charge in [0.2, 0.25) is 17.8 Å². The van der Waals surface area contributed by atoms with Gasteiger partial charge in [-0.25, -0.2) is 0 Å². The molecule has 2 N–H and O–H groups in total. The fourth-order valence-electron chi connectivity index (χ4n) is 4.67. The summed E-state index contributed by atoms with van der Waals surface area (Å²) in [5.41, 5.74) is 0.891. The van der Waals surface area contributed by atoms with E-state index in [4.69, 9.17) is 19.7 Å². The normalized spacial score (nSPS) is 18.5. The fraction of sp³-hybridized carbons (Fsp3) is 0.625. The van der Waals surface area contributed by atoms with Gasteiger partial charge in [0.05, 0.1) is 11.6 Å². The van der Waals surface area contributed by atoms with Gasteiger partial charge in [-0.15, -0.1) is 0 Å². The Morgan fingerprint density at radius 1 is 1.03 bits per heavy atom. The van der Waals surface area contributed by atoms with Gasteiger partial charge in [-0.3, -0.25) is 0 Å². The van der Waals surface area contributed by atoms with Gasteiger partial charge in [-0.05, 0) is 79.9 Å². The highest BCUT2D eigenvalue weighted by atomic mass is 79.9.